The van der Waals surface area contributed by atoms with Crippen molar-refractivity contribution in [2.24, 2.45) is 5.16 Å². The van der Waals surface area contributed by atoms with Gasteiger partial charge in [0, 0.05) is 5.56 Å². The average Bonchev–Trinajstić information content (AvgIpc) is 2.42. The Bertz CT molecular complexity index is 480. The average molecular weight is 227 g/mol. The lowest BCUT2D eigenvalue weighted by atomic mass is 10.1. The highest BCUT2D eigenvalue weighted by Crippen LogP contribution is 2.09. The third-order valence-corrected chi connectivity index (χ3v) is 2.35. The van der Waals surface area contributed by atoms with Gasteiger partial charge in [-0.3, -0.25) is 0 Å². The lowest BCUT2D eigenvalue weighted by Crippen LogP contribution is -2.12. The first-order valence-electron chi connectivity index (χ1n) is 5.34. The molecule has 2 aromatic rings. The Morgan fingerprint density at radius 1 is 0.941 bits per heavy atom. The van der Waals surface area contributed by atoms with E-state index < -0.39 is 0 Å². The molecule has 0 amide bonds. The highest BCUT2D eigenvalue weighted by Gasteiger charge is 2.04. The second-order valence-electron chi connectivity index (χ2n) is 3.51. The molecular weight excluding hydrogens is 214 g/mol. The predicted molar refractivity (Wildman–Crippen MR) is 66.7 cm³/mol. The van der Waals surface area contributed by atoms with Crippen molar-refractivity contribution in [1.29, 1.82) is 0 Å². The van der Waals surface area contributed by atoms with Crippen molar-refractivity contribution in [2.45, 2.75) is 0 Å². The summed E-state index contributed by atoms with van der Waals surface area (Å²) < 4.78 is 5.52. The van der Waals surface area contributed by atoms with E-state index in [4.69, 9.17) is 9.94 Å². The molecule has 2 aromatic carbocycles. The molecule has 0 unspecified atom stereocenters. The molecule has 0 radical (unpaired) electrons. The first kappa shape index (κ1) is 11.2. The normalized spacial score (nSPS) is 11.2. The maximum Gasteiger partial charge on any atom is 0.134 e. The zero-order chi connectivity index (χ0) is 11.9. The fourth-order valence-corrected chi connectivity index (χ4v) is 1.47. The molecule has 3 nitrogen and oxygen atoms in total. The third-order valence-electron chi connectivity index (χ3n) is 2.35. The summed E-state index contributed by atoms with van der Waals surface area (Å²) in [5.41, 5.74) is 1.36. The van der Waals surface area contributed by atoms with Gasteiger partial charge in [0.25, 0.3) is 0 Å². The van der Waals surface area contributed by atoms with Crippen molar-refractivity contribution in [3.8, 4) is 5.75 Å². The van der Waals surface area contributed by atoms with Crippen LogP contribution in [0.3, 0.4) is 0 Å². The molecule has 0 saturated carbocycles. The minimum absolute atomic E-state index is 0.241. The predicted octanol–water partition coefficient (Wildman–Crippen LogP) is 2.94. The van der Waals surface area contributed by atoms with Crippen molar-refractivity contribution in [2.75, 3.05) is 6.61 Å². The first-order chi connectivity index (χ1) is 8.40. The summed E-state index contributed by atoms with van der Waals surface area (Å²) in [4.78, 5) is 0. The Morgan fingerprint density at radius 2 is 1.53 bits per heavy atom. The topological polar surface area (TPSA) is 41.8 Å². The summed E-state index contributed by atoms with van der Waals surface area (Å²) in [7, 11) is 0. The smallest absolute Gasteiger partial charge is 0.134 e. The SMILES string of the molecule is O/N=C(/COc1ccccc1)c1ccccc1. The summed E-state index contributed by atoms with van der Waals surface area (Å²) in [6.07, 6.45) is 0. The quantitative estimate of drug-likeness (QED) is 0.495. The number of rotatable bonds is 4. The van der Waals surface area contributed by atoms with Crippen LogP contribution < -0.4 is 4.74 Å². The second-order valence-corrected chi connectivity index (χ2v) is 3.51. The van der Waals surface area contributed by atoms with Gasteiger partial charge >= 0.3 is 0 Å². The number of nitrogens with zero attached hydrogens (tertiary/aromatic N) is 1. The molecule has 0 spiro atoms. The van der Waals surface area contributed by atoms with Crippen LogP contribution in [-0.4, -0.2) is 17.5 Å². The summed E-state index contributed by atoms with van der Waals surface area (Å²) in [6, 6.07) is 18.9. The fraction of sp³-hybridized carbons (Fsp3) is 0.0714. The van der Waals surface area contributed by atoms with E-state index in [0.29, 0.717) is 5.71 Å². The highest BCUT2D eigenvalue weighted by atomic mass is 16.5. The van der Waals surface area contributed by atoms with Gasteiger partial charge in [-0.2, -0.15) is 0 Å². The minimum Gasteiger partial charge on any atom is -0.487 e. The number of para-hydroxylation sites is 1. The van der Waals surface area contributed by atoms with Gasteiger partial charge in [0.05, 0.1) is 0 Å². The van der Waals surface area contributed by atoms with Gasteiger partial charge in [-0.25, -0.2) is 0 Å². The van der Waals surface area contributed by atoms with Crippen molar-refractivity contribution in [3.05, 3.63) is 66.2 Å². The number of oxime groups is 1. The van der Waals surface area contributed by atoms with Crippen molar-refractivity contribution in [3.63, 3.8) is 0 Å². The van der Waals surface area contributed by atoms with Crippen LogP contribution in [0.15, 0.2) is 65.8 Å². The van der Waals surface area contributed by atoms with E-state index >= 15 is 0 Å². The van der Waals surface area contributed by atoms with Gasteiger partial charge in [0.15, 0.2) is 0 Å². The molecule has 0 aliphatic heterocycles. The summed E-state index contributed by atoms with van der Waals surface area (Å²) >= 11 is 0. The van der Waals surface area contributed by atoms with Gasteiger partial charge in [0.1, 0.15) is 18.1 Å². The lowest BCUT2D eigenvalue weighted by Gasteiger charge is -2.07. The molecule has 0 fully saturated rings. The minimum atomic E-state index is 0.241. The molecule has 3 heteroatoms. The van der Waals surface area contributed by atoms with Gasteiger partial charge in [-0.1, -0.05) is 53.7 Å². The molecule has 1 N–H and O–H groups in total. The molecule has 86 valence electrons. The molecule has 0 aliphatic carbocycles. The summed E-state index contributed by atoms with van der Waals surface area (Å²) in [5.74, 6) is 0.754. The second kappa shape index (κ2) is 5.70. The Kier molecular flexibility index (Phi) is 3.76. The number of hydrogen-bond acceptors (Lipinski definition) is 3. The lowest BCUT2D eigenvalue weighted by molar-refractivity contribution is 0.308. The fourth-order valence-electron chi connectivity index (χ4n) is 1.47. The standard InChI is InChI=1S/C14H13NO2/c16-15-14(12-7-3-1-4-8-12)11-17-13-9-5-2-6-10-13/h1-10,16H,11H2/b15-14-. The molecular formula is C14H13NO2. The molecule has 0 saturated heterocycles. The molecule has 0 aliphatic rings. The number of benzene rings is 2. The van der Waals surface area contributed by atoms with Crippen LogP contribution in [0.4, 0.5) is 0 Å². The van der Waals surface area contributed by atoms with Crippen LogP contribution in [0.5, 0.6) is 5.75 Å². The van der Waals surface area contributed by atoms with E-state index in [1.807, 2.05) is 60.7 Å². The first-order valence-corrected chi connectivity index (χ1v) is 5.34. The van der Waals surface area contributed by atoms with Gasteiger partial charge in [-0.05, 0) is 12.1 Å². The molecule has 0 heterocycles. The monoisotopic (exact) mass is 227 g/mol. The van der Waals surface area contributed by atoms with Crippen molar-refractivity contribution in [1.82, 2.24) is 0 Å². The van der Waals surface area contributed by atoms with Crippen LogP contribution in [-0.2, 0) is 0 Å². The van der Waals surface area contributed by atoms with Crippen molar-refractivity contribution >= 4 is 5.71 Å². The molecule has 17 heavy (non-hydrogen) atoms. The highest BCUT2D eigenvalue weighted by molar-refractivity contribution is 6.01. The summed E-state index contributed by atoms with van der Waals surface area (Å²) in [6.45, 7) is 0.241. The molecule has 2 rings (SSSR count). The van der Waals surface area contributed by atoms with Crippen LogP contribution >= 0.6 is 0 Å². The Hall–Kier alpha value is -2.29. The van der Waals surface area contributed by atoms with Gasteiger partial charge in [0.2, 0.25) is 0 Å². The zero-order valence-electron chi connectivity index (χ0n) is 9.28. The Balaban J connectivity index is 2.03. The summed E-state index contributed by atoms with van der Waals surface area (Å²) in [5, 5.41) is 12.2. The van der Waals surface area contributed by atoms with Crippen LogP contribution in [0, 0.1) is 0 Å². The van der Waals surface area contributed by atoms with E-state index in [0.717, 1.165) is 11.3 Å². The van der Waals surface area contributed by atoms with Gasteiger partial charge < -0.3 is 9.94 Å². The Morgan fingerprint density at radius 3 is 2.12 bits per heavy atom. The molecule has 0 aromatic heterocycles. The number of ether oxygens (including phenoxy) is 1. The maximum absolute atomic E-state index is 8.97. The maximum atomic E-state index is 8.97. The van der Waals surface area contributed by atoms with Crippen molar-refractivity contribution < 1.29 is 9.94 Å². The van der Waals surface area contributed by atoms with Crippen LogP contribution in [0.1, 0.15) is 5.56 Å². The van der Waals surface area contributed by atoms with E-state index in [1.165, 1.54) is 0 Å². The molecule has 0 bridgehead atoms. The van der Waals surface area contributed by atoms with E-state index in [2.05, 4.69) is 5.16 Å². The van der Waals surface area contributed by atoms with E-state index in [1.54, 1.807) is 0 Å². The van der Waals surface area contributed by atoms with Crippen LogP contribution in [0.2, 0.25) is 0 Å². The molecule has 0 atom stereocenters. The Labute approximate surface area is 100.0 Å². The van der Waals surface area contributed by atoms with Gasteiger partial charge in [-0.15, -0.1) is 0 Å². The number of hydrogen-bond donors (Lipinski definition) is 1. The largest absolute Gasteiger partial charge is 0.487 e. The third kappa shape index (κ3) is 3.08. The van der Waals surface area contributed by atoms with Crippen LogP contribution in [0.25, 0.3) is 0 Å². The zero-order valence-corrected chi connectivity index (χ0v) is 9.28. The van der Waals surface area contributed by atoms with E-state index in [-0.39, 0.29) is 6.61 Å². The van der Waals surface area contributed by atoms with E-state index in [9.17, 15) is 0 Å².